The predicted molar refractivity (Wildman–Crippen MR) is 107 cm³/mol. The number of likely N-dealkylation sites (N-methyl/N-ethyl adjacent to an activating group) is 1. The second kappa shape index (κ2) is 8.32. The van der Waals surface area contributed by atoms with Crippen molar-refractivity contribution in [2.75, 3.05) is 33.7 Å². The summed E-state index contributed by atoms with van der Waals surface area (Å²) in [5.74, 6) is -1.96. The van der Waals surface area contributed by atoms with Crippen LogP contribution in [0.25, 0.3) is 0 Å². The van der Waals surface area contributed by atoms with Crippen molar-refractivity contribution in [2.24, 2.45) is 0 Å². The minimum Gasteiger partial charge on any atom is -0.493 e. The molecule has 0 spiro atoms. The summed E-state index contributed by atoms with van der Waals surface area (Å²) < 4.78 is 15.2. The number of para-hydroxylation sites is 1. The fourth-order valence-corrected chi connectivity index (χ4v) is 3.73. The number of amides is 2. The summed E-state index contributed by atoms with van der Waals surface area (Å²) in [7, 11) is 5.62. The highest BCUT2D eigenvalue weighted by Crippen LogP contribution is 2.47. The normalized spacial score (nSPS) is 17.7. The van der Waals surface area contributed by atoms with E-state index in [0.29, 0.717) is 28.3 Å². The monoisotopic (exact) mass is 414 g/mol. The van der Waals surface area contributed by atoms with Gasteiger partial charge >= 0.3 is 12.1 Å². The van der Waals surface area contributed by atoms with Gasteiger partial charge < -0.3 is 24.2 Å². The number of carbonyl (C=O) groups is 3. The van der Waals surface area contributed by atoms with E-state index in [-0.39, 0.29) is 11.5 Å². The van der Waals surface area contributed by atoms with Crippen molar-refractivity contribution in [2.45, 2.75) is 12.0 Å². The standard InChI is InChI=1S/C21H22N2O7/c1-23-18(11-7-5-6-8-14(11)22-21(27)30-4)17(20(25)26)12-9-15(28-2)16(29-3)10-13(12)19(23)24/h5-10,17-18H,1-4H3,(H,22,27)(H,25,26)/t17-,18+/m0/s1. The highest BCUT2D eigenvalue weighted by atomic mass is 16.5. The number of benzene rings is 2. The van der Waals surface area contributed by atoms with Gasteiger partial charge in [-0.25, -0.2) is 4.79 Å². The average Bonchev–Trinajstić information content (AvgIpc) is 2.75. The van der Waals surface area contributed by atoms with Crippen molar-refractivity contribution in [3.8, 4) is 11.5 Å². The minimum atomic E-state index is -1.12. The number of hydrogen-bond acceptors (Lipinski definition) is 6. The third-order valence-electron chi connectivity index (χ3n) is 5.14. The first-order valence-corrected chi connectivity index (χ1v) is 9.03. The Bertz CT molecular complexity index is 1000. The van der Waals surface area contributed by atoms with E-state index in [9.17, 15) is 19.5 Å². The maximum absolute atomic E-state index is 13.2. The van der Waals surface area contributed by atoms with Crippen molar-refractivity contribution < 1.29 is 33.7 Å². The largest absolute Gasteiger partial charge is 0.493 e. The number of aliphatic carboxylic acids is 1. The van der Waals surface area contributed by atoms with E-state index < -0.39 is 24.0 Å². The van der Waals surface area contributed by atoms with Gasteiger partial charge in [0, 0.05) is 18.3 Å². The van der Waals surface area contributed by atoms with Crippen LogP contribution in [0.3, 0.4) is 0 Å². The molecule has 1 aliphatic rings. The van der Waals surface area contributed by atoms with Crippen LogP contribution in [0.5, 0.6) is 11.5 Å². The van der Waals surface area contributed by atoms with Crippen LogP contribution in [-0.2, 0) is 9.53 Å². The third-order valence-corrected chi connectivity index (χ3v) is 5.14. The van der Waals surface area contributed by atoms with Gasteiger partial charge in [0.15, 0.2) is 11.5 Å². The van der Waals surface area contributed by atoms with E-state index in [1.54, 1.807) is 24.3 Å². The molecule has 30 heavy (non-hydrogen) atoms. The van der Waals surface area contributed by atoms with Gasteiger partial charge in [0.1, 0.15) is 5.92 Å². The van der Waals surface area contributed by atoms with Crippen molar-refractivity contribution in [3.63, 3.8) is 0 Å². The van der Waals surface area contributed by atoms with Crippen molar-refractivity contribution in [3.05, 3.63) is 53.1 Å². The molecule has 2 aromatic carbocycles. The molecule has 9 heteroatoms. The molecule has 0 radical (unpaired) electrons. The molecule has 1 aliphatic heterocycles. The number of nitrogens with one attached hydrogen (secondary N) is 1. The Hall–Kier alpha value is -3.75. The zero-order valence-corrected chi connectivity index (χ0v) is 17.0. The molecule has 2 N–H and O–H groups in total. The molecule has 2 amide bonds. The zero-order chi connectivity index (χ0) is 22.0. The smallest absolute Gasteiger partial charge is 0.411 e. The van der Waals surface area contributed by atoms with Crippen LogP contribution in [0, 0.1) is 0 Å². The quantitative estimate of drug-likeness (QED) is 0.773. The molecule has 0 aliphatic carbocycles. The maximum atomic E-state index is 13.2. The highest BCUT2D eigenvalue weighted by molar-refractivity contribution is 6.01. The van der Waals surface area contributed by atoms with E-state index in [1.165, 1.54) is 45.4 Å². The highest BCUT2D eigenvalue weighted by Gasteiger charge is 2.44. The molecule has 2 aromatic rings. The van der Waals surface area contributed by atoms with Crippen LogP contribution in [0.4, 0.5) is 10.5 Å². The van der Waals surface area contributed by atoms with E-state index in [1.807, 2.05) is 0 Å². The molecule has 1 heterocycles. The number of carbonyl (C=O) groups excluding carboxylic acids is 2. The number of hydrogen-bond donors (Lipinski definition) is 2. The molecule has 0 unspecified atom stereocenters. The van der Waals surface area contributed by atoms with Crippen LogP contribution in [0.1, 0.15) is 33.4 Å². The molecule has 158 valence electrons. The summed E-state index contributed by atoms with van der Waals surface area (Å²) in [5.41, 5.74) is 1.34. The van der Waals surface area contributed by atoms with Gasteiger partial charge in [-0.2, -0.15) is 0 Å². The number of ether oxygens (including phenoxy) is 3. The van der Waals surface area contributed by atoms with E-state index in [4.69, 9.17) is 9.47 Å². The lowest BCUT2D eigenvalue weighted by Crippen LogP contribution is -2.43. The topological polar surface area (TPSA) is 114 Å². The Kier molecular flexibility index (Phi) is 5.81. The summed E-state index contributed by atoms with van der Waals surface area (Å²) in [5, 5.41) is 12.7. The molecule has 0 aromatic heterocycles. The lowest BCUT2D eigenvalue weighted by Gasteiger charge is -2.39. The van der Waals surface area contributed by atoms with Crippen molar-refractivity contribution >= 4 is 23.7 Å². The molecule has 0 fully saturated rings. The van der Waals surface area contributed by atoms with Gasteiger partial charge in [-0.05, 0) is 29.3 Å². The minimum absolute atomic E-state index is 0.220. The van der Waals surface area contributed by atoms with Gasteiger partial charge in [0.2, 0.25) is 0 Å². The summed E-state index contributed by atoms with van der Waals surface area (Å²) in [6, 6.07) is 8.80. The first-order valence-electron chi connectivity index (χ1n) is 9.03. The van der Waals surface area contributed by atoms with Crippen LogP contribution >= 0.6 is 0 Å². The predicted octanol–water partition coefficient (Wildman–Crippen LogP) is 2.88. The number of nitrogens with zero attached hydrogens (tertiary/aromatic N) is 1. The lowest BCUT2D eigenvalue weighted by atomic mass is 9.79. The zero-order valence-electron chi connectivity index (χ0n) is 17.0. The van der Waals surface area contributed by atoms with Gasteiger partial charge in [-0.3, -0.25) is 14.9 Å². The molecule has 2 atom stereocenters. The first kappa shape index (κ1) is 21.0. The number of carboxylic acid groups (broad SMARTS) is 1. The Morgan fingerprint density at radius 1 is 1.03 bits per heavy atom. The summed E-state index contributed by atoms with van der Waals surface area (Å²) >= 11 is 0. The molecular weight excluding hydrogens is 392 g/mol. The second-order valence-electron chi connectivity index (χ2n) is 6.68. The van der Waals surface area contributed by atoms with E-state index in [2.05, 4.69) is 10.1 Å². The first-order chi connectivity index (χ1) is 14.3. The van der Waals surface area contributed by atoms with Crippen LogP contribution in [0.2, 0.25) is 0 Å². The average molecular weight is 414 g/mol. The molecule has 9 nitrogen and oxygen atoms in total. The molecule has 0 bridgehead atoms. The summed E-state index contributed by atoms with van der Waals surface area (Å²) in [6.45, 7) is 0. The fraction of sp³-hybridized carbons (Fsp3) is 0.286. The molecule has 3 rings (SSSR count). The van der Waals surface area contributed by atoms with Crippen LogP contribution in [0.15, 0.2) is 36.4 Å². The number of carboxylic acids is 1. The number of rotatable bonds is 5. The lowest BCUT2D eigenvalue weighted by molar-refractivity contribution is -0.140. The van der Waals surface area contributed by atoms with E-state index >= 15 is 0 Å². The Labute approximate surface area is 173 Å². The fourth-order valence-electron chi connectivity index (χ4n) is 3.73. The Morgan fingerprint density at radius 2 is 1.67 bits per heavy atom. The summed E-state index contributed by atoms with van der Waals surface area (Å²) in [6.07, 6.45) is -0.703. The number of anilines is 1. The Morgan fingerprint density at radius 3 is 2.27 bits per heavy atom. The van der Waals surface area contributed by atoms with Gasteiger partial charge in [-0.1, -0.05) is 18.2 Å². The molecular formula is C21H22N2O7. The van der Waals surface area contributed by atoms with E-state index in [0.717, 1.165) is 0 Å². The second-order valence-corrected chi connectivity index (χ2v) is 6.68. The van der Waals surface area contributed by atoms with Gasteiger partial charge in [0.05, 0.1) is 27.4 Å². The molecule has 0 saturated carbocycles. The number of fused-ring (bicyclic) bond motifs is 1. The maximum Gasteiger partial charge on any atom is 0.411 e. The SMILES string of the molecule is COC(=O)Nc1ccccc1[C@@H]1[C@@H](C(=O)O)c2cc(OC)c(OC)cc2C(=O)N1C. The summed E-state index contributed by atoms with van der Waals surface area (Å²) in [4.78, 5) is 38.6. The van der Waals surface area contributed by atoms with Gasteiger partial charge in [0.25, 0.3) is 5.91 Å². The molecule has 0 saturated heterocycles. The van der Waals surface area contributed by atoms with Crippen molar-refractivity contribution in [1.29, 1.82) is 0 Å². The Balaban J connectivity index is 2.22. The van der Waals surface area contributed by atoms with Crippen LogP contribution in [-0.4, -0.2) is 56.4 Å². The van der Waals surface area contributed by atoms with Crippen molar-refractivity contribution in [1.82, 2.24) is 4.90 Å². The van der Waals surface area contributed by atoms with Crippen LogP contribution < -0.4 is 14.8 Å². The third kappa shape index (κ3) is 3.49. The van der Waals surface area contributed by atoms with Gasteiger partial charge in [-0.15, -0.1) is 0 Å². The number of methoxy groups -OCH3 is 3.